The fourth-order valence-electron chi connectivity index (χ4n) is 2.28. The number of hydrogen-bond donors (Lipinski definition) is 0. The molecule has 140 valence electrons. The van der Waals surface area contributed by atoms with Crippen LogP contribution in [0.2, 0.25) is 0 Å². The van der Waals surface area contributed by atoms with Crippen LogP contribution in [0.5, 0.6) is 0 Å². The van der Waals surface area contributed by atoms with E-state index in [4.69, 9.17) is 0 Å². The van der Waals surface area contributed by atoms with E-state index in [1.807, 2.05) is 13.8 Å². The van der Waals surface area contributed by atoms with Gasteiger partial charge in [-0.1, -0.05) is 20.8 Å². The van der Waals surface area contributed by atoms with Crippen LogP contribution in [0.3, 0.4) is 0 Å². The van der Waals surface area contributed by atoms with Crippen LogP contribution in [-0.4, -0.2) is 37.0 Å². The van der Waals surface area contributed by atoms with Crippen LogP contribution in [0, 0.1) is 11.8 Å². The molecule has 0 N–H and O–H groups in total. The Morgan fingerprint density at radius 2 is 1.68 bits per heavy atom. The van der Waals surface area contributed by atoms with E-state index in [-0.39, 0.29) is 12.1 Å². The zero-order valence-corrected chi connectivity index (χ0v) is 14.9. The molecule has 1 atom stereocenters. The van der Waals surface area contributed by atoms with Crippen LogP contribution < -0.4 is 0 Å². The summed E-state index contributed by atoms with van der Waals surface area (Å²) in [7, 11) is 1.27. The van der Waals surface area contributed by atoms with E-state index in [1.54, 1.807) is 6.92 Å². The van der Waals surface area contributed by atoms with Crippen LogP contribution in [0.15, 0.2) is 24.3 Å². The highest BCUT2D eigenvalue weighted by atomic mass is 19.4. The summed E-state index contributed by atoms with van der Waals surface area (Å²) in [4.78, 5) is 25.8. The Labute approximate surface area is 146 Å². The standard InChI is InChI=1S/C18H24F3NO3/c1-12(2)9-10-22(11-13(3)17(24)25-4)16(23)14-5-7-15(8-6-14)18(19,20)21/h5-8,12-13H,9-11H2,1-4H3. The van der Waals surface area contributed by atoms with E-state index in [2.05, 4.69) is 4.74 Å². The number of carbonyl (C=O) groups is 2. The van der Waals surface area contributed by atoms with Crippen LogP contribution in [-0.2, 0) is 15.7 Å². The first-order valence-electron chi connectivity index (χ1n) is 8.10. The molecule has 0 fully saturated rings. The Hall–Kier alpha value is -2.05. The first kappa shape index (κ1) is 21.0. The number of rotatable bonds is 7. The molecule has 25 heavy (non-hydrogen) atoms. The van der Waals surface area contributed by atoms with Crippen molar-refractivity contribution in [3.63, 3.8) is 0 Å². The predicted molar refractivity (Wildman–Crippen MR) is 88.0 cm³/mol. The zero-order chi connectivity index (χ0) is 19.2. The Morgan fingerprint density at radius 1 is 1.12 bits per heavy atom. The molecule has 1 amide bonds. The van der Waals surface area contributed by atoms with Gasteiger partial charge in [0, 0.05) is 18.7 Å². The summed E-state index contributed by atoms with van der Waals surface area (Å²) < 4.78 is 42.6. The summed E-state index contributed by atoms with van der Waals surface area (Å²) in [5.41, 5.74) is -0.644. The molecule has 0 aliphatic rings. The molecule has 7 heteroatoms. The molecular formula is C18H24F3NO3. The molecule has 0 spiro atoms. The molecule has 1 aromatic carbocycles. The van der Waals surface area contributed by atoms with Crippen LogP contribution in [0.25, 0.3) is 0 Å². The second-order valence-corrected chi connectivity index (χ2v) is 6.43. The summed E-state index contributed by atoms with van der Waals surface area (Å²) in [5.74, 6) is -1.01. The van der Waals surface area contributed by atoms with Gasteiger partial charge in [0.1, 0.15) is 0 Å². The Morgan fingerprint density at radius 3 is 2.12 bits per heavy atom. The van der Waals surface area contributed by atoms with Crippen molar-refractivity contribution in [1.29, 1.82) is 0 Å². The summed E-state index contributed by atoms with van der Waals surface area (Å²) in [5, 5.41) is 0. The van der Waals surface area contributed by atoms with Crippen molar-refractivity contribution in [2.45, 2.75) is 33.4 Å². The lowest BCUT2D eigenvalue weighted by Crippen LogP contribution is -2.38. The molecule has 0 bridgehead atoms. The lowest BCUT2D eigenvalue weighted by Gasteiger charge is -2.26. The van der Waals surface area contributed by atoms with Gasteiger partial charge in [0.05, 0.1) is 18.6 Å². The van der Waals surface area contributed by atoms with Crippen molar-refractivity contribution in [3.8, 4) is 0 Å². The second-order valence-electron chi connectivity index (χ2n) is 6.43. The minimum atomic E-state index is -4.45. The molecule has 0 saturated carbocycles. The summed E-state index contributed by atoms with van der Waals surface area (Å²) >= 11 is 0. The number of carbonyl (C=O) groups excluding carboxylic acids is 2. The van der Waals surface area contributed by atoms with E-state index in [0.29, 0.717) is 12.5 Å². The lowest BCUT2D eigenvalue weighted by atomic mass is 10.1. The number of nitrogens with zero attached hydrogens (tertiary/aromatic N) is 1. The molecule has 1 aromatic rings. The highest BCUT2D eigenvalue weighted by Crippen LogP contribution is 2.29. The maximum atomic E-state index is 12.7. The van der Waals surface area contributed by atoms with Crippen LogP contribution in [0.4, 0.5) is 13.2 Å². The number of amides is 1. The number of alkyl halides is 3. The first-order valence-corrected chi connectivity index (χ1v) is 8.10. The highest BCUT2D eigenvalue weighted by Gasteiger charge is 2.30. The Kier molecular flexibility index (Phi) is 7.45. The molecular weight excluding hydrogens is 335 g/mol. The van der Waals surface area contributed by atoms with Crippen molar-refractivity contribution in [2.75, 3.05) is 20.2 Å². The molecule has 1 rings (SSSR count). The van der Waals surface area contributed by atoms with Gasteiger partial charge in [-0.15, -0.1) is 0 Å². The van der Waals surface area contributed by atoms with Gasteiger partial charge >= 0.3 is 12.1 Å². The average molecular weight is 359 g/mol. The predicted octanol–water partition coefficient (Wildman–Crippen LogP) is 4.00. The van der Waals surface area contributed by atoms with E-state index in [9.17, 15) is 22.8 Å². The van der Waals surface area contributed by atoms with Crippen molar-refractivity contribution in [1.82, 2.24) is 4.90 Å². The van der Waals surface area contributed by atoms with Gasteiger partial charge in [0.2, 0.25) is 0 Å². The monoisotopic (exact) mass is 359 g/mol. The van der Waals surface area contributed by atoms with Gasteiger partial charge in [-0.3, -0.25) is 9.59 Å². The van der Waals surface area contributed by atoms with Crippen molar-refractivity contribution in [3.05, 3.63) is 35.4 Å². The normalized spacial score (nSPS) is 12.8. The summed E-state index contributed by atoms with van der Waals surface area (Å²) in [6.45, 7) is 6.22. The third kappa shape index (κ3) is 6.40. The lowest BCUT2D eigenvalue weighted by molar-refractivity contribution is -0.145. The molecule has 0 saturated heterocycles. The number of methoxy groups -OCH3 is 1. The largest absolute Gasteiger partial charge is 0.469 e. The van der Waals surface area contributed by atoms with Crippen molar-refractivity contribution in [2.24, 2.45) is 11.8 Å². The Bertz CT molecular complexity index is 582. The molecule has 4 nitrogen and oxygen atoms in total. The summed E-state index contributed by atoms with van der Waals surface area (Å²) in [6.07, 6.45) is -3.72. The summed E-state index contributed by atoms with van der Waals surface area (Å²) in [6, 6.07) is 4.10. The minimum absolute atomic E-state index is 0.152. The van der Waals surface area contributed by atoms with Crippen molar-refractivity contribution < 1.29 is 27.5 Å². The van der Waals surface area contributed by atoms with E-state index >= 15 is 0 Å². The van der Waals surface area contributed by atoms with Gasteiger partial charge in [0.15, 0.2) is 0 Å². The van der Waals surface area contributed by atoms with Gasteiger partial charge in [-0.2, -0.15) is 13.2 Å². The van der Waals surface area contributed by atoms with Gasteiger partial charge in [0.25, 0.3) is 5.91 Å². The average Bonchev–Trinajstić information content (AvgIpc) is 2.56. The number of esters is 1. The topological polar surface area (TPSA) is 46.6 Å². The quantitative estimate of drug-likeness (QED) is 0.691. The van der Waals surface area contributed by atoms with E-state index in [0.717, 1.165) is 30.7 Å². The molecule has 0 aliphatic heterocycles. The highest BCUT2D eigenvalue weighted by molar-refractivity contribution is 5.94. The fourth-order valence-corrected chi connectivity index (χ4v) is 2.28. The second kappa shape index (κ2) is 8.87. The molecule has 0 aromatic heterocycles. The molecule has 1 unspecified atom stereocenters. The molecule has 0 heterocycles. The van der Waals surface area contributed by atoms with Crippen LogP contribution >= 0.6 is 0 Å². The molecule has 0 radical (unpaired) electrons. The van der Waals surface area contributed by atoms with Gasteiger partial charge in [-0.05, 0) is 36.6 Å². The van der Waals surface area contributed by atoms with Gasteiger partial charge in [-0.25, -0.2) is 0 Å². The Balaban J connectivity index is 2.95. The maximum Gasteiger partial charge on any atom is 0.416 e. The number of halogens is 3. The van der Waals surface area contributed by atoms with Crippen molar-refractivity contribution >= 4 is 11.9 Å². The minimum Gasteiger partial charge on any atom is -0.469 e. The number of hydrogen-bond acceptors (Lipinski definition) is 3. The third-order valence-corrected chi connectivity index (χ3v) is 3.82. The number of benzene rings is 1. The first-order chi connectivity index (χ1) is 11.6. The SMILES string of the molecule is COC(=O)C(C)CN(CCC(C)C)C(=O)c1ccc(C(F)(F)F)cc1. The zero-order valence-electron chi connectivity index (χ0n) is 14.9. The third-order valence-electron chi connectivity index (χ3n) is 3.82. The number of ether oxygens (including phenoxy) is 1. The smallest absolute Gasteiger partial charge is 0.416 e. The maximum absolute atomic E-state index is 12.7. The fraction of sp³-hybridized carbons (Fsp3) is 0.556. The van der Waals surface area contributed by atoms with Crippen LogP contribution in [0.1, 0.15) is 43.1 Å². The van der Waals surface area contributed by atoms with Gasteiger partial charge < -0.3 is 9.64 Å². The van der Waals surface area contributed by atoms with E-state index < -0.39 is 29.5 Å². The molecule has 0 aliphatic carbocycles. The van der Waals surface area contributed by atoms with E-state index in [1.165, 1.54) is 12.0 Å².